The van der Waals surface area contributed by atoms with E-state index in [1.54, 1.807) is 55.7 Å². The van der Waals surface area contributed by atoms with Gasteiger partial charge in [-0.2, -0.15) is 0 Å². The average Bonchev–Trinajstić information content (AvgIpc) is 2.77. The van der Waals surface area contributed by atoms with Gasteiger partial charge in [0.2, 0.25) is 5.91 Å². The fourth-order valence-electron chi connectivity index (χ4n) is 3.30. The summed E-state index contributed by atoms with van der Waals surface area (Å²) in [5, 5.41) is 13.8. The first-order chi connectivity index (χ1) is 14.9. The molecule has 0 radical (unpaired) electrons. The third kappa shape index (κ3) is 5.79. The van der Waals surface area contributed by atoms with Gasteiger partial charge in [0.15, 0.2) is 0 Å². The Bertz CT molecular complexity index is 1120. The summed E-state index contributed by atoms with van der Waals surface area (Å²) in [6.45, 7) is 2.44. The summed E-state index contributed by atoms with van der Waals surface area (Å²) in [5.74, 6) is -0.286. The number of aliphatic hydroxyl groups excluding tert-OH is 1. The van der Waals surface area contributed by atoms with Crippen LogP contribution in [0.2, 0.25) is 5.02 Å². The Morgan fingerprint density at radius 2 is 2.06 bits per heavy atom. The molecule has 162 valence electrons. The number of rotatable bonds is 8. The molecule has 2 heterocycles. The van der Waals surface area contributed by atoms with Gasteiger partial charge in [0.1, 0.15) is 6.10 Å². The third-order valence-corrected chi connectivity index (χ3v) is 5.33. The van der Waals surface area contributed by atoms with Crippen LogP contribution in [-0.4, -0.2) is 20.6 Å². The molecule has 0 aliphatic heterocycles. The van der Waals surface area contributed by atoms with Crippen molar-refractivity contribution >= 4 is 17.5 Å². The van der Waals surface area contributed by atoms with E-state index in [0.29, 0.717) is 28.4 Å². The lowest BCUT2D eigenvalue weighted by Crippen LogP contribution is -2.32. The van der Waals surface area contributed by atoms with Crippen molar-refractivity contribution in [3.63, 3.8) is 0 Å². The Balaban J connectivity index is 1.71. The highest BCUT2D eigenvalue weighted by molar-refractivity contribution is 6.30. The fourth-order valence-corrected chi connectivity index (χ4v) is 3.49. The molecule has 0 fully saturated rings. The Morgan fingerprint density at radius 1 is 1.26 bits per heavy atom. The van der Waals surface area contributed by atoms with E-state index in [2.05, 4.69) is 10.3 Å². The molecule has 31 heavy (non-hydrogen) atoms. The zero-order valence-corrected chi connectivity index (χ0v) is 18.0. The minimum absolute atomic E-state index is 0.0487. The second-order valence-electron chi connectivity index (χ2n) is 7.28. The van der Waals surface area contributed by atoms with Crippen molar-refractivity contribution in [1.29, 1.82) is 0 Å². The highest BCUT2D eigenvalue weighted by Crippen LogP contribution is 2.16. The van der Waals surface area contributed by atoms with Crippen LogP contribution in [0.3, 0.4) is 0 Å². The number of hydrogen-bond acceptors (Lipinski definition) is 5. The minimum atomic E-state index is -0.930. The maximum absolute atomic E-state index is 12.9. The van der Waals surface area contributed by atoms with Crippen molar-refractivity contribution in [3.05, 3.63) is 98.2 Å². The molecule has 0 spiro atoms. The molecule has 7 nitrogen and oxygen atoms in total. The minimum Gasteiger partial charge on any atom is -0.385 e. The zero-order chi connectivity index (χ0) is 22.4. The van der Waals surface area contributed by atoms with Gasteiger partial charge >= 0.3 is 0 Å². The van der Waals surface area contributed by atoms with Crippen molar-refractivity contribution < 1.29 is 9.90 Å². The van der Waals surface area contributed by atoms with Crippen LogP contribution >= 0.6 is 11.6 Å². The quantitative estimate of drug-likeness (QED) is 0.497. The summed E-state index contributed by atoms with van der Waals surface area (Å²) in [6.07, 6.45) is 2.21. The van der Waals surface area contributed by atoms with Crippen molar-refractivity contribution in [2.75, 3.05) is 0 Å². The number of hydrogen-bond donors (Lipinski definition) is 3. The molecule has 4 N–H and O–H groups in total. The van der Waals surface area contributed by atoms with E-state index in [-0.39, 0.29) is 31.0 Å². The standard InChI is InChI=1S/C23H25ClN4O3/c1-15-7-9-28(14-21(29)20-4-2-3-8-26-20)23(31)19(15)11-22(30)27-13-17-10-18(24)6-5-16(17)12-25/h2-10,21,29H,11-14,25H2,1H3,(H,27,30). The van der Waals surface area contributed by atoms with Crippen LogP contribution in [0.25, 0.3) is 0 Å². The van der Waals surface area contributed by atoms with E-state index in [1.165, 1.54) is 4.57 Å². The molecule has 0 aliphatic carbocycles. The largest absolute Gasteiger partial charge is 0.385 e. The SMILES string of the molecule is Cc1ccn(CC(O)c2ccccn2)c(=O)c1CC(=O)NCc1cc(Cl)ccc1CN. The number of aliphatic hydroxyl groups is 1. The van der Waals surface area contributed by atoms with Crippen LogP contribution < -0.4 is 16.6 Å². The van der Waals surface area contributed by atoms with Gasteiger partial charge in [-0.05, 0) is 53.9 Å². The lowest BCUT2D eigenvalue weighted by molar-refractivity contribution is -0.120. The summed E-state index contributed by atoms with van der Waals surface area (Å²) in [6, 6.07) is 12.3. The van der Waals surface area contributed by atoms with Gasteiger partial charge in [0.25, 0.3) is 5.56 Å². The van der Waals surface area contributed by atoms with Gasteiger partial charge in [-0.1, -0.05) is 23.7 Å². The van der Waals surface area contributed by atoms with Gasteiger partial charge in [-0.3, -0.25) is 14.6 Å². The predicted octanol–water partition coefficient (Wildman–Crippen LogP) is 2.26. The van der Waals surface area contributed by atoms with Crippen molar-refractivity contribution in [2.24, 2.45) is 5.73 Å². The predicted molar refractivity (Wildman–Crippen MR) is 120 cm³/mol. The second-order valence-corrected chi connectivity index (χ2v) is 7.71. The molecule has 1 amide bonds. The van der Waals surface area contributed by atoms with E-state index in [1.807, 2.05) is 6.07 Å². The molecule has 0 saturated heterocycles. The van der Waals surface area contributed by atoms with Gasteiger partial charge in [-0.15, -0.1) is 0 Å². The van der Waals surface area contributed by atoms with Gasteiger partial charge < -0.3 is 20.7 Å². The van der Waals surface area contributed by atoms with Crippen LogP contribution in [0.15, 0.2) is 59.7 Å². The number of aromatic nitrogens is 2. The molecule has 0 bridgehead atoms. The average molecular weight is 441 g/mol. The van der Waals surface area contributed by atoms with Crippen LogP contribution in [0.5, 0.6) is 0 Å². The molecule has 0 saturated carbocycles. The molecule has 2 aromatic heterocycles. The monoisotopic (exact) mass is 440 g/mol. The topological polar surface area (TPSA) is 110 Å². The van der Waals surface area contributed by atoms with E-state index in [4.69, 9.17) is 17.3 Å². The van der Waals surface area contributed by atoms with Crippen molar-refractivity contribution in [2.45, 2.75) is 39.1 Å². The van der Waals surface area contributed by atoms with E-state index in [9.17, 15) is 14.7 Å². The first-order valence-electron chi connectivity index (χ1n) is 9.91. The maximum Gasteiger partial charge on any atom is 0.254 e. The number of carbonyl (C=O) groups excluding carboxylic acids is 1. The molecular weight excluding hydrogens is 416 g/mol. The number of amides is 1. The first kappa shape index (κ1) is 22.7. The van der Waals surface area contributed by atoms with Gasteiger partial charge in [-0.25, -0.2) is 0 Å². The number of pyridine rings is 2. The second kappa shape index (κ2) is 10.3. The third-order valence-electron chi connectivity index (χ3n) is 5.10. The Hall–Kier alpha value is -3.00. The molecule has 1 unspecified atom stereocenters. The number of nitrogens with zero attached hydrogens (tertiary/aromatic N) is 2. The van der Waals surface area contributed by atoms with Gasteiger partial charge in [0.05, 0.1) is 18.7 Å². The normalized spacial score (nSPS) is 11.9. The fraction of sp³-hybridized carbons (Fsp3) is 0.261. The Kier molecular flexibility index (Phi) is 7.57. The molecule has 1 aromatic carbocycles. The number of nitrogens with one attached hydrogen (secondary N) is 1. The number of halogens is 1. The van der Waals surface area contributed by atoms with Crippen LogP contribution in [-0.2, 0) is 30.8 Å². The first-order valence-corrected chi connectivity index (χ1v) is 10.3. The van der Waals surface area contributed by atoms with Crippen LogP contribution in [0, 0.1) is 6.92 Å². The number of nitrogens with two attached hydrogens (primary N) is 1. The lowest BCUT2D eigenvalue weighted by Gasteiger charge is -2.15. The van der Waals surface area contributed by atoms with E-state index < -0.39 is 6.10 Å². The molecule has 3 rings (SSSR count). The Labute approximate surface area is 185 Å². The summed E-state index contributed by atoms with van der Waals surface area (Å²) in [4.78, 5) is 29.6. The van der Waals surface area contributed by atoms with Gasteiger partial charge in [0, 0.05) is 36.1 Å². The number of carbonyl (C=O) groups is 1. The number of aryl methyl sites for hydroxylation is 1. The van der Waals surface area contributed by atoms with Crippen molar-refractivity contribution in [1.82, 2.24) is 14.9 Å². The maximum atomic E-state index is 12.9. The summed E-state index contributed by atoms with van der Waals surface area (Å²) < 4.78 is 1.40. The van der Waals surface area contributed by atoms with E-state index in [0.717, 1.165) is 11.1 Å². The molecule has 0 aliphatic rings. The molecule has 1 atom stereocenters. The molecule has 3 aromatic rings. The zero-order valence-electron chi connectivity index (χ0n) is 17.2. The van der Waals surface area contributed by atoms with Crippen molar-refractivity contribution in [3.8, 4) is 0 Å². The molecular formula is C23H25ClN4O3. The van der Waals surface area contributed by atoms with Crippen LogP contribution in [0.1, 0.15) is 34.1 Å². The summed E-state index contributed by atoms with van der Waals surface area (Å²) >= 11 is 6.04. The highest BCUT2D eigenvalue weighted by atomic mass is 35.5. The van der Waals surface area contributed by atoms with Crippen LogP contribution in [0.4, 0.5) is 0 Å². The Morgan fingerprint density at radius 3 is 2.77 bits per heavy atom. The van der Waals surface area contributed by atoms with E-state index >= 15 is 0 Å². The number of benzene rings is 1. The summed E-state index contributed by atoms with van der Waals surface area (Å²) in [5.41, 5.74) is 8.75. The smallest absolute Gasteiger partial charge is 0.254 e. The molecule has 8 heteroatoms. The highest BCUT2D eigenvalue weighted by Gasteiger charge is 2.16. The lowest BCUT2D eigenvalue weighted by atomic mass is 10.1. The summed E-state index contributed by atoms with van der Waals surface area (Å²) in [7, 11) is 0.